The molecule has 0 radical (unpaired) electrons. The molecule has 0 aromatic carbocycles. The maximum Gasteiger partial charge on any atom is 0.225 e. The van der Waals surface area contributed by atoms with E-state index in [1.165, 1.54) is 0 Å². The lowest BCUT2D eigenvalue weighted by atomic mass is 10.0. The first-order valence-electron chi connectivity index (χ1n) is 6.78. The number of rotatable bonds is 5. The van der Waals surface area contributed by atoms with Crippen LogP contribution in [-0.4, -0.2) is 26.1 Å². The SMILES string of the molecule is Cc1n[nH]c(C)c1CC(=O)N[C@H](c1ncc[nH]1)C(C)C. The Balaban J connectivity index is 2.06. The summed E-state index contributed by atoms with van der Waals surface area (Å²) in [5.74, 6) is 1.03. The Labute approximate surface area is 118 Å². The van der Waals surface area contributed by atoms with Gasteiger partial charge in [-0.15, -0.1) is 0 Å². The van der Waals surface area contributed by atoms with E-state index in [2.05, 4.69) is 39.3 Å². The Morgan fingerprint density at radius 3 is 2.65 bits per heavy atom. The summed E-state index contributed by atoms with van der Waals surface area (Å²) in [6.45, 7) is 7.94. The van der Waals surface area contributed by atoms with Crippen molar-refractivity contribution in [1.82, 2.24) is 25.5 Å². The number of carbonyl (C=O) groups is 1. The third kappa shape index (κ3) is 3.07. The zero-order valence-electron chi connectivity index (χ0n) is 12.3. The molecule has 0 aliphatic rings. The van der Waals surface area contributed by atoms with Crippen molar-refractivity contribution in [2.75, 3.05) is 0 Å². The number of aryl methyl sites for hydroxylation is 2. The van der Waals surface area contributed by atoms with Gasteiger partial charge < -0.3 is 10.3 Å². The highest BCUT2D eigenvalue weighted by molar-refractivity contribution is 5.79. The number of amides is 1. The third-order valence-corrected chi connectivity index (χ3v) is 3.42. The van der Waals surface area contributed by atoms with E-state index < -0.39 is 0 Å². The number of hydrogen-bond acceptors (Lipinski definition) is 3. The van der Waals surface area contributed by atoms with Gasteiger partial charge in [-0.25, -0.2) is 4.98 Å². The summed E-state index contributed by atoms with van der Waals surface area (Å²) in [6.07, 6.45) is 3.79. The van der Waals surface area contributed by atoms with Crippen molar-refractivity contribution in [3.63, 3.8) is 0 Å². The van der Waals surface area contributed by atoms with Crippen LogP contribution < -0.4 is 5.32 Å². The van der Waals surface area contributed by atoms with E-state index in [1.807, 2.05) is 13.8 Å². The number of imidazole rings is 1. The van der Waals surface area contributed by atoms with Crippen LogP contribution in [0.15, 0.2) is 12.4 Å². The minimum atomic E-state index is -0.106. The lowest BCUT2D eigenvalue weighted by Gasteiger charge is -2.20. The van der Waals surface area contributed by atoms with Crippen molar-refractivity contribution in [3.8, 4) is 0 Å². The van der Waals surface area contributed by atoms with E-state index in [-0.39, 0.29) is 17.9 Å². The fourth-order valence-electron chi connectivity index (χ4n) is 2.22. The molecule has 6 heteroatoms. The number of aromatic amines is 2. The van der Waals surface area contributed by atoms with E-state index in [4.69, 9.17) is 0 Å². The molecule has 0 saturated heterocycles. The van der Waals surface area contributed by atoms with Gasteiger partial charge in [-0.3, -0.25) is 9.89 Å². The molecule has 0 spiro atoms. The minimum absolute atomic E-state index is 0.0206. The Bertz CT molecular complexity index is 551. The normalized spacial score (nSPS) is 12.7. The van der Waals surface area contributed by atoms with Crippen LogP contribution in [0, 0.1) is 19.8 Å². The average molecular weight is 275 g/mol. The minimum Gasteiger partial charge on any atom is -0.347 e. The summed E-state index contributed by atoms with van der Waals surface area (Å²) in [7, 11) is 0. The van der Waals surface area contributed by atoms with E-state index in [9.17, 15) is 4.79 Å². The van der Waals surface area contributed by atoms with E-state index >= 15 is 0 Å². The van der Waals surface area contributed by atoms with E-state index in [0.29, 0.717) is 6.42 Å². The van der Waals surface area contributed by atoms with Crippen molar-refractivity contribution in [2.45, 2.75) is 40.2 Å². The smallest absolute Gasteiger partial charge is 0.225 e. The van der Waals surface area contributed by atoms with Crippen LogP contribution in [0.2, 0.25) is 0 Å². The summed E-state index contributed by atoms with van der Waals surface area (Å²) >= 11 is 0. The molecule has 1 amide bonds. The molecule has 0 aliphatic carbocycles. The predicted molar refractivity (Wildman–Crippen MR) is 76.1 cm³/mol. The molecule has 3 N–H and O–H groups in total. The first-order valence-corrected chi connectivity index (χ1v) is 6.78. The molecule has 0 bridgehead atoms. The van der Waals surface area contributed by atoms with Crippen LogP contribution in [0.5, 0.6) is 0 Å². The molecular formula is C14H21N5O. The fourth-order valence-corrected chi connectivity index (χ4v) is 2.22. The Kier molecular flexibility index (Phi) is 4.22. The molecule has 2 aromatic rings. The highest BCUT2D eigenvalue weighted by Gasteiger charge is 2.21. The summed E-state index contributed by atoms with van der Waals surface area (Å²) in [5, 5.41) is 10.0. The van der Waals surface area contributed by atoms with Crippen molar-refractivity contribution < 1.29 is 4.79 Å². The molecule has 0 aliphatic heterocycles. The van der Waals surface area contributed by atoms with E-state index in [1.54, 1.807) is 12.4 Å². The Morgan fingerprint density at radius 2 is 2.15 bits per heavy atom. The highest BCUT2D eigenvalue weighted by Crippen LogP contribution is 2.18. The van der Waals surface area contributed by atoms with Crippen LogP contribution in [0.3, 0.4) is 0 Å². The summed E-state index contributed by atoms with van der Waals surface area (Å²) in [4.78, 5) is 19.5. The lowest BCUT2D eigenvalue weighted by Crippen LogP contribution is -2.33. The molecule has 6 nitrogen and oxygen atoms in total. The van der Waals surface area contributed by atoms with Gasteiger partial charge in [0.15, 0.2) is 0 Å². The van der Waals surface area contributed by atoms with Gasteiger partial charge in [-0.1, -0.05) is 13.8 Å². The third-order valence-electron chi connectivity index (χ3n) is 3.42. The predicted octanol–water partition coefficient (Wildman–Crippen LogP) is 1.81. The summed E-state index contributed by atoms with van der Waals surface area (Å²) in [6, 6.07) is -0.106. The summed E-state index contributed by atoms with van der Waals surface area (Å²) < 4.78 is 0. The molecule has 2 rings (SSSR count). The number of nitrogens with one attached hydrogen (secondary N) is 3. The highest BCUT2D eigenvalue weighted by atomic mass is 16.1. The molecule has 1 atom stereocenters. The molecule has 2 aromatic heterocycles. The fraction of sp³-hybridized carbons (Fsp3) is 0.500. The molecule has 0 unspecified atom stereocenters. The molecule has 108 valence electrons. The van der Waals surface area contributed by atoms with Gasteiger partial charge in [0.25, 0.3) is 0 Å². The number of aromatic nitrogens is 4. The first kappa shape index (κ1) is 14.3. The second-order valence-corrected chi connectivity index (χ2v) is 5.35. The zero-order valence-corrected chi connectivity index (χ0v) is 12.3. The monoisotopic (exact) mass is 275 g/mol. The number of carbonyl (C=O) groups excluding carboxylic acids is 1. The van der Waals surface area contributed by atoms with Crippen molar-refractivity contribution in [2.24, 2.45) is 5.92 Å². The number of nitrogens with zero attached hydrogens (tertiary/aromatic N) is 2. The molecule has 2 heterocycles. The van der Waals surface area contributed by atoms with Gasteiger partial charge in [0.1, 0.15) is 5.82 Å². The largest absolute Gasteiger partial charge is 0.347 e. The number of H-pyrrole nitrogens is 2. The maximum atomic E-state index is 12.2. The molecule has 0 fully saturated rings. The number of hydrogen-bond donors (Lipinski definition) is 3. The first-order chi connectivity index (χ1) is 9.49. The van der Waals surface area contributed by atoms with E-state index in [0.717, 1.165) is 22.8 Å². The zero-order chi connectivity index (χ0) is 14.7. The topological polar surface area (TPSA) is 86.5 Å². The second-order valence-electron chi connectivity index (χ2n) is 5.35. The second kappa shape index (κ2) is 5.90. The van der Waals surface area contributed by atoms with Gasteiger partial charge in [0, 0.05) is 23.7 Å². The van der Waals surface area contributed by atoms with Crippen molar-refractivity contribution in [1.29, 1.82) is 0 Å². The van der Waals surface area contributed by atoms with Gasteiger partial charge in [-0.05, 0) is 19.8 Å². The Hall–Kier alpha value is -2.11. The van der Waals surface area contributed by atoms with Gasteiger partial charge in [0.05, 0.1) is 18.2 Å². The van der Waals surface area contributed by atoms with Crippen LogP contribution in [-0.2, 0) is 11.2 Å². The van der Waals surface area contributed by atoms with Crippen LogP contribution in [0.4, 0.5) is 0 Å². The quantitative estimate of drug-likeness (QED) is 0.777. The van der Waals surface area contributed by atoms with Crippen LogP contribution in [0.25, 0.3) is 0 Å². The average Bonchev–Trinajstić information content (AvgIpc) is 3.01. The molecule has 0 saturated carbocycles. The van der Waals surface area contributed by atoms with Crippen LogP contribution >= 0.6 is 0 Å². The van der Waals surface area contributed by atoms with Crippen molar-refractivity contribution in [3.05, 3.63) is 35.2 Å². The van der Waals surface area contributed by atoms with Gasteiger partial charge >= 0.3 is 0 Å². The lowest BCUT2D eigenvalue weighted by molar-refractivity contribution is -0.121. The molecular weight excluding hydrogens is 254 g/mol. The Morgan fingerprint density at radius 1 is 1.40 bits per heavy atom. The van der Waals surface area contributed by atoms with Gasteiger partial charge in [-0.2, -0.15) is 5.10 Å². The maximum absolute atomic E-state index is 12.2. The van der Waals surface area contributed by atoms with Crippen molar-refractivity contribution >= 4 is 5.91 Å². The van der Waals surface area contributed by atoms with Gasteiger partial charge in [0.2, 0.25) is 5.91 Å². The summed E-state index contributed by atoms with van der Waals surface area (Å²) in [5.41, 5.74) is 2.78. The molecule has 20 heavy (non-hydrogen) atoms. The van der Waals surface area contributed by atoms with Crippen LogP contribution in [0.1, 0.15) is 42.7 Å². The standard InChI is InChI=1S/C14H21N5O/c1-8(2)13(14-15-5-6-16-14)17-12(20)7-11-9(3)18-19-10(11)4/h5-6,8,13H,7H2,1-4H3,(H,15,16)(H,17,20)(H,18,19)/t13-/m0/s1.